The van der Waals surface area contributed by atoms with E-state index in [9.17, 15) is 9.59 Å². The predicted molar refractivity (Wildman–Crippen MR) is 109 cm³/mol. The van der Waals surface area contributed by atoms with Crippen LogP contribution < -0.4 is 5.32 Å². The van der Waals surface area contributed by atoms with E-state index in [0.717, 1.165) is 29.8 Å². The second-order valence-electron chi connectivity index (χ2n) is 6.41. The summed E-state index contributed by atoms with van der Waals surface area (Å²) in [5.74, 6) is 0.330. The van der Waals surface area contributed by atoms with E-state index >= 15 is 0 Å². The number of hydrogen-bond donors (Lipinski definition) is 2. The molecule has 0 saturated heterocycles. The molecule has 2 N–H and O–H groups in total. The zero-order valence-electron chi connectivity index (χ0n) is 16.1. The van der Waals surface area contributed by atoms with Crippen LogP contribution in [0, 0.1) is 6.92 Å². The number of aliphatic carboxylic acids is 1. The molecule has 2 rings (SSSR count). The van der Waals surface area contributed by atoms with Crippen molar-refractivity contribution in [2.45, 2.75) is 51.8 Å². The largest absolute Gasteiger partial charge is 0.481 e. The van der Waals surface area contributed by atoms with Gasteiger partial charge < -0.3 is 10.4 Å². The summed E-state index contributed by atoms with van der Waals surface area (Å²) in [6.45, 7) is 6.17. The minimum absolute atomic E-state index is 0.154. The minimum Gasteiger partial charge on any atom is -0.481 e. The predicted octanol–water partition coefficient (Wildman–Crippen LogP) is 4.51. The van der Waals surface area contributed by atoms with E-state index in [0.29, 0.717) is 23.1 Å². The summed E-state index contributed by atoms with van der Waals surface area (Å²) in [6, 6.07) is 7.94. The Morgan fingerprint density at radius 3 is 2.70 bits per heavy atom. The van der Waals surface area contributed by atoms with Crippen molar-refractivity contribution in [2.75, 3.05) is 11.1 Å². The molecule has 0 atom stereocenters. The number of carboxylic acid groups (broad SMARTS) is 1. The molecule has 0 unspecified atom stereocenters. The molecule has 0 aliphatic carbocycles. The molecule has 0 spiro atoms. The molecule has 0 aliphatic heterocycles. The lowest BCUT2D eigenvalue weighted by molar-refractivity contribution is -0.136. The van der Waals surface area contributed by atoms with Gasteiger partial charge in [-0.05, 0) is 37.5 Å². The van der Waals surface area contributed by atoms with Crippen LogP contribution in [0.4, 0.5) is 5.69 Å². The monoisotopic (exact) mass is 389 g/mol. The van der Waals surface area contributed by atoms with Gasteiger partial charge in [-0.3, -0.25) is 14.3 Å². The highest BCUT2D eigenvalue weighted by Crippen LogP contribution is 2.21. The van der Waals surface area contributed by atoms with E-state index in [1.165, 1.54) is 0 Å². The van der Waals surface area contributed by atoms with E-state index in [1.54, 1.807) is 18.0 Å². The Morgan fingerprint density at radius 2 is 2.04 bits per heavy atom. The Hall–Kier alpha value is -2.28. The van der Waals surface area contributed by atoms with Gasteiger partial charge in [-0.25, -0.2) is 0 Å². The molecule has 1 amide bonds. The summed E-state index contributed by atoms with van der Waals surface area (Å²) in [4.78, 5) is 23.2. The maximum Gasteiger partial charge on any atom is 0.304 e. The minimum atomic E-state index is -0.784. The number of rotatable bonds is 10. The highest BCUT2D eigenvalue weighted by atomic mass is 32.2. The van der Waals surface area contributed by atoms with Crippen molar-refractivity contribution in [3.63, 3.8) is 0 Å². The number of nitrogens with one attached hydrogen (secondary N) is 1. The first-order valence-electron chi connectivity index (χ1n) is 9.20. The second-order valence-corrected chi connectivity index (χ2v) is 7.51. The fourth-order valence-electron chi connectivity index (χ4n) is 2.94. The molecule has 2 aromatic rings. The summed E-state index contributed by atoms with van der Waals surface area (Å²) in [7, 11) is 0. The van der Waals surface area contributed by atoms with Crippen LogP contribution in [0.1, 0.15) is 60.8 Å². The van der Waals surface area contributed by atoms with Crippen molar-refractivity contribution in [3.8, 4) is 0 Å². The maximum atomic E-state index is 12.7. The Balaban J connectivity index is 2.02. The SMILES string of the molecule is CCC(CC)n1ncc(C(=O)Nc2cccc(CSCCC(=O)O)c2)c1C. The lowest BCUT2D eigenvalue weighted by Gasteiger charge is -2.15. The number of benzene rings is 1. The van der Waals surface area contributed by atoms with Gasteiger partial charge in [-0.15, -0.1) is 0 Å². The number of aromatic nitrogens is 2. The van der Waals surface area contributed by atoms with Crippen LogP contribution in [0.5, 0.6) is 0 Å². The van der Waals surface area contributed by atoms with E-state index in [2.05, 4.69) is 24.3 Å². The molecule has 146 valence electrons. The van der Waals surface area contributed by atoms with Crippen molar-refractivity contribution in [1.82, 2.24) is 9.78 Å². The molecule has 1 aromatic heterocycles. The van der Waals surface area contributed by atoms with Crippen LogP contribution in [0.15, 0.2) is 30.5 Å². The van der Waals surface area contributed by atoms with Gasteiger partial charge in [0.05, 0.1) is 24.2 Å². The number of anilines is 1. The molecular formula is C20H27N3O3S. The summed E-state index contributed by atoms with van der Waals surface area (Å²) in [5.41, 5.74) is 3.24. The van der Waals surface area contributed by atoms with Crippen LogP contribution >= 0.6 is 11.8 Å². The molecule has 7 heteroatoms. The molecule has 0 bridgehead atoms. The fraction of sp³-hybridized carbons (Fsp3) is 0.450. The molecular weight excluding hydrogens is 362 g/mol. The number of thioether (sulfide) groups is 1. The normalized spacial score (nSPS) is 11.0. The summed E-state index contributed by atoms with van der Waals surface area (Å²) < 4.78 is 1.93. The van der Waals surface area contributed by atoms with Gasteiger partial charge in [0, 0.05) is 22.9 Å². The van der Waals surface area contributed by atoms with Gasteiger partial charge in [0.15, 0.2) is 0 Å². The Bertz CT molecular complexity index is 785. The van der Waals surface area contributed by atoms with Crippen molar-refractivity contribution in [2.24, 2.45) is 0 Å². The molecule has 1 heterocycles. The third-order valence-corrected chi connectivity index (χ3v) is 5.52. The zero-order chi connectivity index (χ0) is 19.8. The number of hydrogen-bond acceptors (Lipinski definition) is 4. The molecule has 0 aliphatic rings. The van der Waals surface area contributed by atoms with Gasteiger partial charge in [0.25, 0.3) is 5.91 Å². The fourth-order valence-corrected chi connectivity index (χ4v) is 3.81. The smallest absolute Gasteiger partial charge is 0.304 e. The van der Waals surface area contributed by atoms with Crippen molar-refractivity contribution in [3.05, 3.63) is 47.3 Å². The number of carbonyl (C=O) groups is 2. The van der Waals surface area contributed by atoms with E-state index in [1.807, 2.05) is 35.9 Å². The van der Waals surface area contributed by atoms with Crippen LogP contribution in [0.3, 0.4) is 0 Å². The molecule has 0 radical (unpaired) electrons. The van der Waals surface area contributed by atoms with Crippen molar-refractivity contribution < 1.29 is 14.7 Å². The second kappa shape index (κ2) is 10.2. The average molecular weight is 390 g/mol. The molecule has 0 saturated carbocycles. The number of carboxylic acids is 1. The van der Waals surface area contributed by atoms with Gasteiger partial charge in [0.1, 0.15) is 0 Å². The van der Waals surface area contributed by atoms with E-state index in [4.69, 9.17) is 5.11 Å². The van der Waals surface area contributed by atoms with Crippen LogP contribution in [-0.4, -0.2) is 32.5 Å². The average Bonchev–Trinajstić information content (AvgIpc) is 3.02. The third-order valence-electron chi connectivity index (χ3n) is 4.49. The summed E-state index contributed by atoms with van der Waals surface area (Å²) >= 11 is 1.57. The van der Waals surface area contributed by atoms with Gasteiger partial charge in [-0.1, -0.05) is 26.0 Å². The Kier molecular flexibility index (Phi) is 7.91. The highest BCUT2D eigenvalue weighted by Gasteiger charge is 2.18. The van der Waals surface area contributed by atoms with Gasteiger partial charge in [-0.2, -0.15) is 16.9 Å². The lowest BCUT2D eigenvalue weighted by atomic mass is 10.1. The first kappa shape index (κ1) is 21.0. The maximum absolute atomic E-state index is 12.7. The molecule has 6 nitrogen and oxygen atoms in total. The number of nitrogens with zero attached hydrogens (tertiary/aromatic N) is 2. The van der Waals surface area contributed by atoms with Crippen molar-refractivity contribution >= 4 is 29.3 Å². The summed E-state index contributed by atoms with van der Waals surface area (Å²) in [6.07, 6.45) is 3.73. The topological polar surface area (TPSA) is 84.2 Å². The number of amides is 1. The standard InChI is InChI=1S/C20H27N3O3S/c1-4-17(5-2)23-14(3)18(12-21-23)20(26)22-16-8-6-7-15(11-16)13-27-10-9-19(24)25/h6-8,11-12,17H,4-5,9-10,13H2,1-3H3,(H,22,26)(H,24,25). The molecule has 1 aromatic carbocycles. The van der Waals surface area contributed by atoms with E-state index in [-0.39, 0.29) is 12.3 Å². The number of carbonyl (C=O) groups excluding carboxylic acids is 1. The zero-order valence-corrected chi connectivity index (χ0v) is 16.9. The Labute approximate surface area is 164 Å². The first-order valence-corrected chi connectivity index (χ1v) is 10.4. The van der Waals surface area contributed by atoms with Crippen LogP contribution in [0.2, 0.25) is 0 Å². The van der Waals surface area contributed by atoms with Crippen LogP contribution in [-0.2, 0) is 10.5 Å². The molecule has 0 fully saturated rings. The van der Waals surface area contributed by atoms with E-state index < -0.39 is 5.97 Å². The third kappa shape index (κ3) is 5.85. The summed E-state index contributed by atoms with van der Waals surface area (Å²) in [5, 5.41) is 16.0. The highest BCUT2D eigenvalue weighted by molar-refractivity contribution is 7.98. The van der Waals surface area contributed by atoms with Gasteiger partial charge in [0.2, 0.25) is 0 Å². The van der Waals surface area contributed by atoms with Gasteiger partial charge >= 0.3 is 5.97 Å². The Morgan fingerprint density at radius 1 is 1.30 bits per heavy atom. The molecule has 27 heavy (non-hydrogen) atoms. The van der Waals surface area contributed by atoms with Crippen LogP contribution in [0.25, 0.3) is 0 Å². The quantitative estimate of drug-likeness (QED) is 0.584. The van der Waals surface area contributed by atoms with Crippen molar-refractivity contribution in [1.29, 1.82) is 0 Å². The first-order chi connectivity index (χ1) is 13.0. The lowest BCUT2D eigenvalue weighted by Crippen LogP contribution is -2.15.